The van der Waals surface area contributed by atoms with Crippen LogP contribution in [0.5, 0.6) is 0 Å². The number of hydrogen-bond acceptors (Lipinski definition) is 3. The van der Waals surface area contributed by atoms with Gasteiger partial charge in [0.15, 0.2) is 0 Å². The maximum Gasteiger partial charge on any atom is 0.424 e. The van der Waals surface area contributed by atoms with Crippen molar-refractivity contribution in [1.29, 1.82) is 0 Å². The number of amides is 1. The van der Waals surface area contributed by atoms with Crippen molar-refractivity contribution < 1.29 is 9.53 Å². The fourth-order valence-corrected chi connectivity index (χ4v) is 2.88. The van der Waals surface area contributed by atoms with Crippen molar-refractivity contribution in [2.75, 3.05) is 0 Å². The lowest BCUT2D eigenvalue weighted by atomic mass is 9.81. The van der Waals surface area contributed by atoms with E-state index in [1.807, 2.05) is 26.8 Å². The zero-order valence-corrected chi connectivity index (χ0v) is 13.2. The summed E-state index contributed by atoms with van der Waals surface area (Å²) >= 11 is 0. The van der Waals surface area contributed by atoms with Crippen LogP contribution in [0.1, 0.15) is 57.9 Å². The molecule has 1 fully saturated rings. The van der Waals surface area contributed by atoms with E-state index >= 15 is 0 Å². The molecule has 0 bridgehead atoms. The minimum Gasteiger partial charge on any atom is -0.443 e. The third kappa shape index (κ3) is 4.46. The van der Waals surface area contributed by atoms with Crippen molar-refractivity contribution >= 4 is 6.09 Å². The molecule has 1 saturated carbocycles. The number of benzene rings is 1. The quantitative estimate of drug-likeness (QED) is 0.512. The van der Waals surface area contributed by atoms with E-state index in [0.29, 0.717) is 5.92 Å². The molecule has 0 atom stereocenters. The Bertz CT molecular complexity index is 459. The van der Waals surface area contributed by atoms with Gasteiger partial charge < -0.3 is 4.74 Å². The Balaban J connectivity index is 1.87. The number of carbonyl (C=O) groups excluding carboxylic acids is 1. The molecule has 4 nitrogen and oxygen atoms in total. The average molecular weight is 290 g/mol. The largest absolute Gasteiger partial charge is 0.443 e. The number of carbonyl (C=O) groups is 1. The van der Waals surface area contributed by atoms with E-state index in [0.717, 1.165) is 25.7 Å². The van der Waals surface area contributed by atoms with Gasteiger partial charge in [-0.2, -0.15) is 0 Å². The molecule has 4 heteroatoms. The van der Waals surface area contributed by atoms with Crippen LogP contribution in [0.25, 0.3) is 0 Å². The van der Waals surface area contributed by atoms with Gasteiger partial charge in [-0.3, -0.25) is 0 Å². The van der Waals surface area contributed by atoms with E-state index in [1.54, 1.807) is 0 Å². The van der Waals surface area contributed by atoms with Crippen LogP contribution in [0.3, 0.4) is 0 Å². The maximum absolute atomic E-state index is 12.0. The van der Waals surface area contributed by atoms with Gasteiger partial charge in [-0.15, -0.1) is 0 Å². The first-order chi connectivity index (χ1) is 9.87. The van der Waals surface area contributed by atoms with Gasteiger partial charge in [0, 0.05) is 0 Å². The second-order valence-electron chi connectivity index (χ2n) is 6.80. The topological polar surface area (TPSA) is 55.6 Å². The minimum absolute atomic E-state index is 0.0832. The summed E-state index contributed by atoms with van der Waals surface area (Å²) in [4.78, 5) is 12.0. The average Bonchev–Trinajstić information content (AvgIpc) is 2.46. The summed E-state index contributed by atoms with van der Waals surface area (Å²) in [5, 5.41) is 1.28. The molecule has 0 aliphatic heterocycles. The normalized spacial score (nSPS) is 22.7. The number of nitrogens with zero attached hydrogens (tertiary/aromatic N) is 1. The number of ether oxygens (including phenoxy) is 1. The van der Waals surface area contributed by atoms with E-state index in [1.165, 1.54) is 10.6 Å². The fraction of sp³-hybridized carbons (Fsp3) is 0.588. The van der Waals surface area contributed by atoms with E-state index in [2.05, 4.69) is 24.3 Å². The first-order valence-electron chi connectivity index (χ1n) is 7.68. The molecule has 0 radical (unpaired) electrons. The van der Waals surface area contributed by atoms with Gasteiger partial charge in [0.05, 0.1) is 6.04 Å². The molecular formula is C17H26N2O2. The van der Waals surface area contributed by atoms with Crippen LogP contribution in [0, 0.1) is 0 Å². The SMILES string of the molecule is CC(C)(C)OC(=O)N(N)[C@H]1CC[C@H](c2ccccc2)CC1. The van der Waals surface area contributed by atoms with Gasteiger partial charge in [0.2, 0.25) is 0 Å². The van der Waals surface area contributed by atoms with Crippen molar-refractivity contribution in [1.82, 2.24) is 5.01 Å². The molecule has 0 unspecified atom stereocenters. The Kier molecular flexibility index (Phi) is 4.88. The molecular weight excluding hydrogens is 264 g/mol. The first-order valence-corrected chi connectivity index (χ1v) is 7.68. The van der Waals surface area contributed by atoms with E-state index < -0.39 is 11.7 Å². The summed E-state index contributed by atoms with van der Waals surface area (Å²) in [5.41, 5.74) is 0.882. The Morgan fingerprint density at radius 2 is 1.71 bits per heavy atom. The van der Waals surface area contributed by atoms with Crippen LogP contribution in [0.4, 0.5) is 4.79 Å². The van der Waals surface area contributed by atoms with E-state index in [4.69, 9.17) is 10.6 Å². The lowest BCUT2D eigenvalue weighted by molar-refractivity contribution is 0.0112. The molecule has 1 aromatic carbocycles. The lowest BCUT2D eigenvalue weighted by Gasteiger charge is -2.35. The van der Waals surface area contributed by atoms with Crippen LogP contribution < -0.4 is 5.84 Å². The third-order valence-electron chi connectivity index (χ3n) is 3.97. The molecule has 1 aliphatic carbocycles. The van der Waals surface area contributed by atoms with Crippen molar-refractivity contribution in [2.24, 2.45) is 5.84 Å². The molecule has 1 amide bonds. The summed E-state index contributed by atoms with van der Waals surface area (Å²) in [6, 6.07) is 10.6. The van der Waals surface area contributed by atoms with Crippen LogP contribution in [-0.2, 0) is 4.74 Å². The minimum atomic E-state index is -0.504. The number of hydrogen-bond donors (Lipinski definition) is 1. The van der Waals surface area contributed by atoms with E-state index in [-0.39, 0.29) is 6.04 Å². The van der Waals surface area contributed by atoms with Crippen LogP contribution >= 0.6 is 0 Å². The molecule has 1 aromatic rings. The number of nitrogens with two attached hydrogens (primary N) is 1. The molecule has 2 N–H and O–H groups in total. The van der Waals surface area contributed by atoms with Crippen molar-refractivity contribution in [3.05, 3.63) is 35.9 Å². The second kappa shape index (κ2) is 6.48. The molecule has 0 heterocycles. The van der Waals surface area contributed by atoms with Gasteiger partial charge in [-0.05, 0) is 57.9 Å². The van der Waals surface area contributed by atoms with Gasteiger partial charge in [-0.25, -0.2) is 15.6 Å². The predicted molar refractivity (Wildman–Crippen MR) is 83.7 cm³/mol. The molecule has 0 saturated heterocycles. The monoisotopic (exact) mass is 290 g/mol. The highest BCUT2D eigenvalue weighted by Gasteiger charge is 2.30. The highest BCUT2D eigenvalue weighted by Crippen LogP contribution is 2.34. The summed E-state index contributed by atoms with van der Waals surface area (Å²) < 4.78 is 5.33. The highest BCUT2D eigenvalue weighted by molar-refractivity contribution is 5.67. The van der Waals surface area contributed by atoms with Crippen molar-refractivity contribution in [3.63, 3.8) is 0 Å². The van der Waals surface area contributed by atoms with Crippen LogP contribution in [0.15, 0.2) is 30.3 Å². The van der Waals surface area contributed by atoms with Gasteiger partial charge >= 0.3 is 6.09 Å². The summed E-state index contributed by atoms with van der Waals surface area (Å²) in [5.74, 6) is 6.52. The Hall–Kier alpha value is -1.55. The molecule has 21 heavy (non-hydrogen) atoms. The van der Waals surface area contributed by atoms with Crippen molar-refractivity contribution in [3.8, 4) is 0 Å². The Morgan fingerprint density at radius 1 is 1.14 bits per heavy atom. The van der Waals surface area contributed by atoms with E-state index in [9.17, 15) is 4.79 Å². The predicted octanol–water partition coefficient (Wildman–Crippen LogP) is 3.82. The van der Waals surface area contributed by atoms with Crippen LogP contribution in [-0.4, -0.2) is 22.7 Å². The molecule has 2 rings (SSSR count). The first kappa shape index (κ1) is 15.8. The number of rotatable bonds is 2. The van der Waals surface area contributed by atoms with Gasteiger partial charge in [0.1, 0.15) is 5.60 Å². The lowest BCUT2D eigenvalue weighted by Crippen LogP contribution is -2.49. The summed E-state index contributed by atoms with van der Waals surface area (Å²) in [7, 11) is 0. The Morgan fingerprint density at radius 3 is 2.24 bits per heavy atom. The smallest absolute Gasteiger partial charge is 0.424 e. The standard InChI is InChI=1S/C17H26N2O2/c1-17(2,3)21-16(20)19(18)15-11-9-14(10-12-15)13-7-5-4-6-8-13/h4-8,14-15H,9-12,18H2,1-3H3/t14-,15-. The third-order valence-corrected chi connectivity index (χ3v) is 3.97. The molecule has 0 spiro atoms. The summed E-state index contributed by atoms with van der Waals surface area (Å²) in [6.45, 7) is 5.56. The highest BCUT2D eigenvalue weighted by atomic mass is 16.6. The molecule has 0 aromatic heterocycles. The fourth-order valence-electron chi connectivity index (χ4n) is 2.88. The second-order valence-corrected chi connectivity index (χ2v) is 6.80. The van der Waals surface area contributed by atoms with Gasteiger partial charge in [-0.1, -0.05) is 30.3 Å². The molecule has 1 aliphatic rings. The maximum atomic E-state index is 12.0. The molecule has 116 valence electrons. The zero-order chi connectivity index (χ0) is 15.5. The van der Waals surface area contributed by atoms with Gasteiger partial charge in [0.25, 0.3) is 0 Å². The van der Waals surface area contributed by atoms with Crippen LogP contribution in [0.2, 0.25) is 0 Å². The van der Waals surface area contributed by atoms with Crippen molar-refractivity contribution in [2.45, 2.75) is 64.0 Å². The summed E-state index contributed by atoms with van der Waals surface area (Å²) in [6.07, 6.45) is 3.55. The Labute approximate surface area is 127 Å². The number of hydrazine groups is 1. The zero-order valence-electron chi connectivity index (χ0n) is 13.2.